The average Bonchev–Trinajstić information content (AvgIpc) is 2.57. The van der Waals surface area contributed by atoms with Crippen LogP contribution in [0, 0.1) is 0 Å². The summed E-state index contributed by atoms with van der Waals surface area (Å²) in [6, 6.07) is 2.09. The van der Waals surface area contributed by atoms with Gasteiger partial charge in [-0.1, -0.05) is 27.7 Å². The molecular weight excluding hydrogens is 212 g/mol. The van der Waals surface area contributed by atoms with Crippen molar-refractivity contribution in [1.82, 2.24) is 9.55 Å². The SMILES string of the molecule is CC(C)c1cc2c(c(C(C)C)cn2C)c(=O)[nH]1. The third-order valence-electron chi connectivity index (χ3n) is 3.28. The van der Waals surface area contributed by atoms with E-state index in [9.17, 15) is 4.79 Å². The van der Waals surface area contributed by atoms with Gasteiger partial charge in [0, 0.05) is 18.9 Å². The molecule has 2 aromatic rings. The summed E-state index contributed by atoms with van der Waals surface area (Å²) in [5.74, 6) is 0.703. The fraction of sp³-hybridized carbons (Fsp3) is 0.500. The van der Waals surface area contributed by atoms with Crippen molar-refractivity contribution in [2.24, 2.45) is 7.05 Å². The average molecular weight is 232 g/mol. The maximum Gasteiger partial charge on any atom is 0.257 e. The molecule has 0 saturated heterocycles. The van der Waals surface area contributed by atoms with Gasteiger partial charge in [0.25, 0.3) is 5.56 Å². The van der Waals surface area contributed by atoms with Gasteiger partial charge in [0.05, 0.1) is 10.9 Å². The highest BCUT2D eigenvalue weighted by atomic mass is 16.1. The van der Waals surface area contributed by atoms with Gasteiger partial charge in [-0.05, 0) is 23.5 Å². The molecule has 2 aromatic heterocycles. The minimum Gasteiger partial charge on any atom is -0.350 e. The van der Waals surface area contributed by atoms with Crippen LogP contribution in [0.3, 0.4) is 0 Å². The minimum absolute atomic E-state index is 0.0375. The molecule has 17 heavy (non-hydrogen) atoms. The third kappa shape index (κ3) is 1.90. The first-order valence-corrected chi connectivity index (χ1v) is 6.14. The van der Waals surface area contributed by atoms with Crippen molar-refractivity contribution in [3.8, 4) is 0 Å². The summed E-state index contributed by atoms with van der Waals surface area (Å²) in [5, 5.41) is 0.840. The summed E-state index contributed by atoms with van der Waals surface area (Å²) >= 11 is 0. The van der Waals surface area contributed by atoms with E-state index in [2.05, 4.69) is 44.9 Å². The summed E-state index contributed by atoms with van der Waals surface area (Å²) in [7, 11) is 2.00. The van der Waals surface area contributed by atoms with Crippen LogP contribution in [0.25, 0.3) is 10.9 Å². The van der Waals surface area contributed by atoms with E-state index in [-0.39, 0.29) is 5.56 Å². The van der Waals surface area contributed by atoms with Gasteiger partial charge in [-0.15, -0.1) is 0 Å². The Hall–Kier alpha value is -1.51. The van der Waals surface area contributed by atoms with E-state index in [1.807, 2.05) is 11.6 Å². The lowest BCUT2D eigenvalue weighted by atomic mass is 10.0. The zero-order valence-electron chi connectivity index (χ0n) is 11.2. The Kier molecular flexibility index (Phi) is 2.86. The molecule has 0 bridgehead atoms. The zero-order chi connectivity index (χ0) is 12.7. The first-order valence-electron chi connectivity index (χ1n) is 6.14. The van der Waals surface area contributed by atoms with E-state index in [0.29, 0.717) is 11.8 Å². The smallest absolute Gasteiger partial charge is 0.257 e. The molecule has 0 aliphatic heterocycles. The number of aromatic amines is 1. The van der Waals surface area contributed by atoms with Crippen LogP contribution in [0.2, 0.25) is 0 Å². The Balaban J connectivity index is 2.83. The van der Waals surface area contributed by atoms with Crippen molar-refractivity contribution >= 4 is 10.9 Å². The van der Waals surface area contributed by atoms with Crippen molar-refractivity contribution in [3.63, 3.8) is 0 Å². The molecule has 3 nitrogen and oxygen atoms in total. The fourth-order valence-electron chi connectivity index (χ4n) is 2.21. The highest BCUT2D eigenvalue weighted by Crippen LogP contribution is 2.25. The number of H-pyrrole nitrogens is 1. The number of hydrogen-bond acceptors (Lipinski definition) is 1. The molecule has 0 aliphatic carbocycles. The summed E-state index contributed by atoms with van der Waals surface area (Å²) in [4.78, 5) is 15.2. The second-order valence-electron chi connectivity index (χ2n) is 5.32. The van der Waals surface area contributed by atoms with Crippen molar-refractivity contribution in [3.05, 3.63) is 33.9 Å². The fourth-order valence-corrected chi connectivity index (χ4v) is 2.21. The molecule has 3 heteroatoms. The predicted molar refractivity (Wildman–Crippen MR) is 71.7 cm³/mol. The molecule has 0 spiro atoms. The maximum absolute atomic E-state index is 12.2. The molecule has 0 fully saturated rings. The topological polar surface area (TPSA) is 37.8 Å². The number of rotatable bonds is 2. The maximum atomic E-state index is 12.2. The van der Waals surface area contributed by atoms with Crippen LogP contribution in [-0.4, -0.2) is 9.55 Å². The van der Waals surface area contributed by atoms with Crippen LogP contribution in [0.15, 0.2) is 17.1 Å². The van der Waals surface area contributed by atoms with E-state index in [0.717, 1.165) is 22.2 Å². The van der Waals surface area contributed by atoms with Gasteiger partial charge in [0.2, 0.25) is 0 Å². The molecule has 0 unspecified atom stereocenters. The van der Waals surface area contributed by atoms with Crippen LogP contribution in [0.4, 0.5) is 0 Å². The van der Waals surface area contributed by atoms with E-state index >= 15 is 0 Å². The van der Waals surface area contributed by atoms with Crippen LogP contribution >= 0.6 is 0 Å². The normalized spacial score (nSPS) is 11.9. The standard InChI is InChI=1S/C14H20N2O/c1-8(2)10-7-16(5)12-6-11(9(3)4)15-14(17)13(10)12/h6-9H,1-5H3,(H,15,17). The molecule has 0 atom stereocenters. The van der Waals surface area contributed by atoms with Gasteiger partial charge in [0.1, 0.15) is 0 Å². The lowest BCUT2D eigenvalue weighted by Crippen LogP contribution is -2.11. The first-order chi connectivity index (χ1) is 7.91. The van der Waals surface area contributed by atoms with E-state index < -0.39 is 0 Å². The Labute approximate surface area is 101 Å². The Bertz CT molecular complexity index is 602. The third-order valence-corrected chi connectivity index (χ3v) is 3.28. The van der Waals surface area contributed by atoms with Gasteiger partial charge in [0.15, 0.2) is 0 Å². The molecule has 2 heterocycles. The largest absolute Gasteiger partial charge is 0.350 e. The predicted octanol–water partition coefficient (Wildman–Crippen LogP) is 3.11. The Morgan fingerprint density at radius 3 is 2.35 bits per heavy atom. The van der Waals surface area contributed by atoms with Gasteiger partial charge >= 0.3 is 0 Å². The number of nitrogens with one attached hydrogen (secondary N) is 1. The van der Waals surface area contributed by atoms with Crippen LogP contribution in [0.1, 0.15) is 50.8 Å². The Morgan fingerprint density at radius 1 is 1.18 bits per heavy atom. The molecule has 0 aromatic carbocycles. The molecule has 1 N–H and O–H groups in total. The van der Waals surface area contributed by atoms with Crippen LogP contribution in [-0.2, 0) is 7.05 Å². The van der Waals surface area contributed by atoms with Crippen LogP contribution in [0.5, 0.6) is 0 Å². The van der Waals surface area contributed by atoms with Gasteiger partial charge in [-0.25, -0.2) is 0 Å². The molecule has 2 rings (SSSR count). The minimum atomic E-state index is 0.0375. The second kappa shape index (κ2) is 4.06. The molecule has 0 amide bonds. The number of nitrogens with zero attached hydrogens (tertiary/aromatic N) is 1. The Morgan fingerprint density at radius 2 is 1.82 bits per heavy atom. The van der Waals surface area contributed by atoms with Gasteiger partial charge < -0.3 is 9.55 Å². The van der Waals surface area contributed by atoms with Gasteiger partial charge in [-0.3, -0.25) is 4.79 Å². The number of hydrogen-bond donors (Lipinski definition) is 1. The molecule has 0 aliphatic rings. The number of fused-ring (bicyclic) bond motifs is 1. The van der Waals surface area contributed by atoms with E-state index in [4.69, 9.17) is 0 Å². The monoisotopic (exact) mass is 232 g/mol. The zero-order valence-corrected chi connectivity index (χ0v) is 11.2. The van der Waals surface area contributed by atoms with Crippen molar-refractivity contribution < 1.29 is 0 Å². The number of aromatic nitrogens is 2. The number of pyridine rings is 1. The van der Waals surface area contributed by atoms with E-state index in [1.54, 1.807) is 0 Å². The first kappa shape index (κ1) is 12.0. The highest BCUT2D eigenvalue weighted by molar-refractivity contribution is 5.83. The lowest BCUT2D eigenvalue weighted by molar-refractivity contribution is 0.817. The summed E-state index contributed by atoms with van der Waals surface area (Å²) in [5.41, 5.74) is 3.19. The van der Waals surface area contributed by atoms with Crippen LogP contribution < -0.4 is 5.56 Å². The van der Waals surface area contributed by atoms with E-state index in [1.165, 1.54) is 0 Å². The summed E-state index contributed by atoms with van der Waals surface area (Å²) in [6.07, 6.45) is 2.06. The van der Waals surface area contributed by atoms with Gasteiger partial charge in [-0.2, -0.15) is 0 Å². The molecule has 0 saturated carbocycles. The summed E-state index contributed by atoms with van der Waals surface area (Å²) in [6.45, 7) is 8.40. The lowest BCUT2D eigenvalue weighted by Gasteiger charge is -2.07. The number of aryl methyl sites for hydroxylation is 1. The summed E-state index contributed by atoms with van der Waals surface area (Å²) < 4.78 is 2.05. The quantitative estimate of drug-likeness (QED) is 0.848. The van der Waals surface area contributed by atoms with Crippen molar-refractivity contribution in [2.45, 2.75) is 39.5 Å². The van der Waals surface area contributed by atoms with Crippen molar-refractivity contribution in [2.75, 3.05) is 0 Å². The molecule has 92 valence electrons. The second-order valence-corrected chi connectivity index (χ2v) is 5.32. The highest BCUT2D eigenvalue weighted by Gasteiger charge is 2.14. The molecule has 0 radical (unpaired) electrons. The van der Waals surface area contributed by atoms with Crippen molar-refractivity contribution in [1.29, 1.82) is 0 Å². The molecular formula is C14H20N2O.